The summed E-state index contributed by atoms with van der Waals surface area (Å²) in [4.78, 5) is 32.4. The second-order valence-electron chi connectivity index (χ2n) is 8.88. The van der Waals surface area contributed by atoms with Gasteiger partial charge >= 0.3 is 5.97 Å². The topological polar surface area (TPSA) is 151 Å². The van der Waals surface area contributed by atoms with Crippen LogP contribution < -0.4 is 10.6 Å². The van der Waals surface area contributed by atoms with E-state index in [1.165, 1.54) is 17.1 Å². The zero-order valence-electron chi connectivity index (χ0n) is 20.3. The molecule has 0 radical (unpaired) electrons. The summed E-state index contributed by atoms with van der Waals surface area (Å²) in [5.74, 6) is -0.692. The third kappa shape index (κ3) is 5.73. The number of imidazole rings is 1. The molecule has 4 aromatic rings. The summed E-state index contributed by atoms with van der Waals surface area (Å²) in [6, 6.07) is 9.85. The third-order valence-electron chi connectivity index (χ3n) is 6.28. The van der Waals surface area contributed by atoms with Gasteiger partial charge in [-0.15, -0.1) is 5.10 Å². The molecule has 0 saturated carbocycles. The van der Waals surface area contributed by atoms with Gasteiger partial charge in [0.05, 0.1) is 29.2 Å². The predicted octanol–water partition coefficient (Wildman–Crippen LogP) is 4.26. The number of aromatic nitrogens is 6. The number of halogens is 1. The number of tetrazole rings is 1. The van der Waals surface area contributed by atoms with Crippen molar-refractivity contribution < 1.29 is 14.7 Å². The highest BCUT2D eigenvalue weighted by Crippen LogP contribution is 2.30. The van der Waals surface area contributed by atoms with Crippen LogP contribution in [0.15, 0.2) is 55.0 Å². The Balaban J connectivity index is 1.39. The van der Waals surface area contributed by atoms with E-state index in [1.54, 1.807) is 48.7 Å². The van der Waals surface area contributed by atoms with Crippen molar-refractivity contribution in [3.05, 3.63) is 77.0 Å². The highest BCUT2D eigenvalue weighted by molar-refractivity contribution is 6.30. The van der Waals surface area contributed by atoms with Crippen molar-refractivity contribution in [1.82, 2.24) is 35.5 Å². The molecule has 38 heavy (non-hydrogen) atoms. The van der Waals surface area contributed by atoms with Crippen LogP contribution in [0, 0.1) is 0 Å². The number of anilines is 1. The molecule has 2 bridgehead atoms. The summed E-state index contributed by atoms with van der Waals surface area (Å²) < 4.78 is 1.49. The minimum atomic E-state index is -1.00. The fraction of sp³-hybridized carbons (Fsp3) is 0.231. The molecule has 1 atom stereocenters. The second kappa shape index (κ2) is 11.3. The highest BCUT2D eigenvalue weighted by Gasteiger charge is 2.20. The van der Waals surface area contributed by atoms with Gasteiger partial charge in [0.1, 0.15) is 12.2 Å². The van der Waals surface area contributed by atoms with Crippen LogP contribution in [0.2, 0.25) is 5.02 Å². The van der Waals surface area contributed by atoms with E-state index in [0.717, 1.165) is 31.5 Å². The highest BCUT2D eigenvalue weighted by atomic mass is 35.5. The Hall–Kier alpha value is -4.51. The summed E-state index contributed by atoms with van der Waals surface area (Å²) in [6.07, 6.45) is 9.73. The van der Waals surface area contributed by atoms with E-state index < -0.39 is 5.97 Å². The number of rotatable bonds is 5. The first-order valence-corrected chi connectivity index (χ1v) is 12.5. The van der Waals surface area contributed by atoms with Gasteiger partial charge in [-0.25, -0.2) is 9.78 Å². The van der Waals surface area contributed by atoms with Crippen LogP contribution >= 0.6 is 11.6 Å². The third-order valence-corrected chi connectivity index (χ3v) is 6.52. The SMILES string of the molecule is O=C(/C=C/c1cc(Cl)ccc1-n1cnnn1)N[C@H]1CCCCCNc2ccc(C(=O)O)cc2-c2cnc1[nH]2. The van der Waals surface area contributed by atoms with Crippen molar-refractivity contribution in [3.8, 4) is 16.9 Å². The normalized spacial score (nSPS) is 15.7. The number of carboxylic acid groups (broad SMARTS) is 1. The van der Waals surface area contributed by atoms with Crippen molar-refractivity contribution in [3.63, 3.8) is 0 Å². The quantitative estimate of drug-likeness (QED) is 0.278. The van der Waals surface area contributed by atoms with Crippen molar-refractivity contribution >= 4 is 35.2 Å². The maximum absolute atomic E-state index is 13.0. The van der Waals surface area contributed by atoms with E-state index in [9.17, 15) is 14.7 Å². The first kappa shape index (κ1) is 25.2. The Morgan fingerprint density at radius 2 is 2.05 bits per heavy atom. The maximum atomic E-state index is 13.0. The number of fused-ring (bicyclic) bond motifs is 4. The summed E-state index contributed by atoms with van der Waals surface area (Å²) in [7, 11) is 0. The Bertz CT molecular complexity index is 1480. The average molecular weight is 533 g/mol. The lowest BCUT2D eigenvalue weighted by molar-refractivity contribution is -0.117. The van der Waals surface area contributed by atoms with Gasteiger partial charge in [0, 0.05) is 34.5 Å². The summed E-state index contributed by atoms with van der Waals surface area (Å²) >= 11 is 6.18. The number of carbonyl (C=O) groups excluding carboxylic acids is 1. The van der Waals surface area contributed by atoms with Crippen LogP contribution in [0.25, 0.3) is 23.0 Å². The number of nitrogens with zero attached hydrogens (tertiary/aromatic N) is 5. The molecule has 0 unspecified atom stereocenters. The van der Waals surface area contributed by atoms with Gasteiger partial charge in [-0.2, -0.15) is 4.68 Å². The summed E-state index contributed by atoms with van der Waals surface area (Å²) in [5, 5.41) is 27.7. The van der Waals surface area contributed by atoms with Gasteiger partial charge in [-0.05, 0) is 65.7 Å². The fourth-order valence-corrected chi connectivity index (χ4v) is 4.56. The molecule has 11 nitrogen and oxygen atoms in total. The number of hydrogen-bond donors (Lipinski definition) is 4. The number of carboxylic acids is 1. The van der Waals surface area contributed by atoms with Crippen molar-refractivity contribution in [1.29, 1.82) is 0 Å². The van der Waals surface area contributed by atoms with Crippen molar-refractivity contribution in [2.75, 3.05) is 11.9 Å². The lowest BCUT2D eigenvalue weighted by atomic mass is 10.0. The lowest BCUT2D eigenvalue weighted by Gasteiger charge is -2.17. The Morgan fingerprint density at radius 1 is 1.16 bits per heavy atom. The van der Waals surface area contributed by atoms with Crippen LogP contribution in [0.5, 0.6) is 0 Å². The Labute approximate surface area is 222 Å². The predicted molar refractivity (Wildman–Crippen MR) is 142 cm³/mol. The Kier molecular flexibility index (Phi) is 7.45. The van der Waals surface area contributed by atoms with Gasteiger partial charge in [-0.3, -0.25) is 4.79 Å². The van der Waals surface area contributed by atoms with Gasteiger partial charge < -0.3 is 20.7 Å². The molecule has 4 N–H and O–H groups in total. The molecule has 2 aromatic heterocycles. The molecule has 5 rings (SSSR count). The van der Waals surface area contributed by atoms with E-state index >= 15 is 0 Å². The minimum Gasteiger partial charge on any atom is -0.478 e. The van der Waals surface area contributed by atoms with E-state index in [1.807, 2.05) is 0 Å². The smallest absolute Gasteiger partial charge is 0.335 e. The first-order chi connectivity index (χ1) is 18.5. The molecule has 1 aliphatic rings. The maximum Gasteiger partial charge on any atom is 0.335 e. The molecule has 2 aromatic carbocycles. The van der Waals surface area contributed by atoms with Gasteiger partial charge in [0.2, 0.25) is 5.91 Å². The van der Waals surface area contributed by atoms with Crippen molar-refractivity contribution in [2.45, 2.75) is 31.7 Å². The average Bonchev–Trinajstić information content (AvgIpc) is 3.61. The van der Waals surface area contributed by atoms with Crippen LogP contribution in [-0.2, 0) is 4.79 Å². The molecular weight excluding hydrogens is 508 g/mol. The van der Waals surface area contributed by atoms with E-state index in [2.05, 4.69) is 36.1 Å². The molecule has 0 fully saturated rings. The van der Waals surface area contributed by atoms with Crippen LogP contribution in [0.1, 0.15) is 53.5 Å². The molecule has 3 heterocycles. The molecule has 194 valence electrons. The lowest BCUT2D eigenvalue weighted by Crippen LogP contribution is -2.27. The number of aromatic carboxylic acids is 1. The van der Waals surface area contributed by atoms with E-state index in [4.69, 9.17) is 11.6 Å². The number of hydrogen-bond acceptors (Lipinski definition) is 7. The van der Waals surface area contributed by atoms with E-state index in [-0.39, 0.29) is 17.5 Å². The molecule has 0 saturated heterocycles. The molecule has 12 heteroatoms. The molecule has 1 amide bonds. The molecule has 1 aliphatic heterocycles. The number of carbonyl (C=O) groups is 2. The fourth-order valence-electron chi connectivity index (χ4n) is 4.38. The number of benzene rings is 2. The van der Waals surface area contributed by atoms with Crippen molar-refractivity contribution in [2.24, 2.45) is 0 Å². The molecular formula is C26H25ClN8O3. The number of H-pyrrole nitrogens is 1. The minimum absolute atomic E-state index is 0.186. The summed E-state index contributed by atoms with van der Waals surface area (Å²) in [5.41, 5.74) is 3.76. The monoisotopic (exact) mass is 532 g/mol. The van der Waals surface area contributed by atoms with Gasteiger partial charge in [0.25, 0.3) is 0 Å². The van der Waals surface area contributed by atoms with E-state index in [0.29, 0.717) is 39.8 Å². The second-order valence-corrected chi connectivity index (χ2v) is 9.31. The first-order valence-electron chi connectivity index (χ1n) is 12.2. The van der Waals surface area contributed by atoms with Gasteiger partial charge in [-0.1, -0.05) is 24.4 Å². The number of nitrogens with one attached hydrogen (secondary N) is 3. The van der Waals surface area contributed by atoms with Gasteiger partial charge in [0.15, 0.2) is 0 Å². The largest absolute Gasteiger partial charge is 0.478 e. The molecule has 0 spiro atoms. The standard InChI is InChI=1S/C26H25ClN8O3/c27-18-7-9-23(35-15-30-33-34-35)16(12-18)6-10-24(36)31-21-4-2-1-3-11-28-20-8-5-17(26(37)38)13-19(20)22-14-29-25(21)32-22/h5-10,12-15,21,28H,1-4,11H2,(H,29,32)(H,31,36)(H,37,38)/b10-6+/t21-/m0/s1. The number of aromatic amines is 1. The van der Waals surface area contributed by atoms with Crippen LogP contribution in [0.4, 0.5) is 5.69 Å². The molecule has 0 aliphatic carbocycles. The Morgan fingerprint density at radius 3 is 2.87 bits per heavy atom. The zero-order valence-corrected chi connectivity index (χ0v) is 21.0. The number of amides is 1. The zero-order chi connectivity index (χ0) is 26.5. The van der Waals surface area contributed by atoms with Crippen LogP contribution in [-0.4, -0.2) is 53.7 Å². The van der Waals surface area contributed by atoms with Crippen LogP contribution in [0.3, 0.4) is 0 Å². The summed E-state index contributed by atoms with van der Waals surface area (Å²) in [6.45, 7) is 0.753.